The van der Waals surface area contributed by atoms with Crippen molar-refractivity contribution in [2.24, 2.45) is 5.73 Å². The molecule has 3 aromatic rings. The van der Waals surface area contributed by atoms with E-state index in [9.17, 15) is 8.42 Å². The highest BCUT2D eigenvalue weighted by Gasteiger charge is 2.29. The molecule has 2 atom stereocenters. The summed E-state index contributed by atoms with van der Waals surface area (Å²) in [4.78, 5) is 6.64. The summed E-state index contributed by atoms with van der Waals surface area (Å²) in [5.74, 6) is 1.43. The molecule has 0 aliphatic carbocycles. The molecule has 0 unspecified atom stereocenters. The third-order valence-corrected chi connectivity index (χ3v) is 6.11. The van der Waals surface area contributed by atoms with Gasteiger partial charge in [0.05, 0.1) is 13.4 Å². The number of piperidine rings is 1. The molecule has 3 heterocycles. The lowest BCUT2D eigenvalue weighted by Crippen LogP contribution is -2.57. The lowest BCUT2D eigenvalue weighted by molar-refractivity contribution is 0.178. The Bertz CT molecular complexity index is 1160. The minimum absolute atomic E-state index is 0.203. The maximum absolute atomic E-state index is 11.7. The first-order valence-corrected chi connectivity index (χ1v) is 11.9. The second-order valence-corrected chi connectivity index (χ2v) is 9.56. The molecule has 0 bridgehead atoms. The third kappa shape index (κ3) is 5.13. The van der Waals surface area contributed by atoms with Crippen LogP contribution in [0.4, 0.5) is 11.5 Å². The van der Waals surface area contributed by atoms with Crippen molar-refractivity contribution in [1.82, 2.24) is 24.2 Å². The van der Waals surface area contributed by atoms with Gasteiger partial charge in [0.15, 0.2) is 5.82 Å². The fourth-order valence-electron chi connectivity index (χ4n) is 3.90. The van der Waals surface area contributed by atoms with Crippen LogP contribution in [0, 0.1) is 0 Å². The van der Waals surface area contributed by atoms with E-state index in [1.165, 1.54) is 6.33 Å². The molecule has 0 radical (unpaired) electrons. The number of nitrogens with zero attached hydrogens (tertiary/aromatic N) is 4. The number of likely N-dealkylation sites (tertiary alicyclic amines) is 1. The van der Waals surface area contributed by atoms with Crippen LogP contribution in [0.2, 0.25) is 0 Å². The van der Waals surface area contributed by atoms with E-state index in [1.807, 2.05) is 36.5 Å². The Morgan fingerprint density at radius 3 is 2.94 bits per heavy atom. The van der Waals surface area contributed by atoms with Crippen LogP contribution in [0.1, 0.15) is 12.0 Å². The number of benzene rings is 1. The van der Waals surface area contributed by atoms with Gasteiger partial charge in [0.25, 0.3) is 0 Å². The van der Waals surface area contributed by atoms with Crippen molar-refractivity contribution >= 4 is 27.0 Å². The van der Waals surface area contributed by atoms with Gasteiger partial charge >= 0.3 is 0 Å². The third-order valence-electron chi connectivity index (χ3n) is 5.38. The van der Waals surface area contributed by atoms with Crippen LogP contribution >= 0.6 is 0 Å². The molecule has 0 spiro atoms. The smallest absolute Gasteiger partial charge is 0.209 e. The van der Waals surface area contributed by atoms with Gasteiger partial charge in [-0.3, -0.25) is 4.90 Å². The Morgan fingerprint density at radius 1 is 1.32 bits per heavy atom. The minimum Gasteiger partial charge on any atom is -0.497 e. The first kappa shape index (κ1) is 21.5. The summed E-state index contributed by atoms with van der Waals surface area (Å²) in [6.45, 7) is 1.95. The standard InChI is InChI=1S/C20H27N7O3S/c1-30-16-5-3-4-15(10-16)24-20-19-14(6-9-27(19)23-13-22-20)11-26-8-7-17(21)18(12-26)25-31(2,28)29/h3-6,9-10,13,17-18,25H,7-8,11-12,21H2,1-2H3,(H,22,23,24)/t17-,18-/m1/s1. The SMILES string of the molecule is COc1cccc(Nc2ncnn3ccc(CN4CC[C@@H](N)[C@H](NS(C)(=O)=O)C4)c23)c1. The second-order valence-electron chi connectivity index (χ2n) is 7.78. The van der Waals surface area contributed by atoms with Gasteiger partial charge in [-0.15, -0.1) is 0 Å². The van der Waals surface area contributed by atoms with Crippen molar-refractivity contribution in [1.29, 1.82) is 0 Å². The van der Waals surface area contributed by atoms with Crippen molar-refractivity contribution in [2.75, 3.05) is 31.8 Å². The Hall–Kier alpha value is -2.73. The van der Waals surface area contributed by atoms with Crippen LogP contribution in [0.3, 0.4) is 0 Å². The Kier molecular flexibility index (Phi) is 6.10. The molecule has 10 nitrogen and oxygen atoms in total. The number of nitrogens with two attached hydrogens (primary N) is 1. The van der Waals surface area contributed by atoms with E-state index in [-0.39, 0.29) is 12.1 Å². The molecule has 11 heteroatoms. The summed E-state index contributed by atoms with van der Waals surface area (Å²) in [5, 5.41) is 7.67. The zero-order valence-corrected chi connectivity index (χ0v) is 18.3. The minimum atomic E-state index is -3.32. The average molecular weight is 446 g/mol. The summed E-state index contributed by atoms with van der Waals surface area (Å²) in [7, 11) is -1.70. The average Bonchev–Trinajstić information content (AvgIpc) is 3.13. The molecule has 1 saturated heterocycles. The molecular weight excluding hydrogens is 418 g/mol. The van der Waals surface area contributed by atoms with Crippen molar-refractivity contribution in [3.63, 3.8) is 0 Å². The van der Waals surface area contributed by atoms with Gasteiger partial charge in [-0.05, 0) is 30.2 Å². The Morgan fingerprint density at radius 2 is 2.16 bits per heavy atom. The zero-order valence-electron chi connectivity index (χ0n) is 17.5. The van der Waals surface area contributed by atoms with E-state index in [2.05, 4.69) is 25.0 Å². The van der Waals surface area contributed by atoms with Gasteiger partial charge in [0, 0.05) is 49.7 Å². The van der Waals surface area contributed by atoms with Gasteiger partial charge < -0.3 is 15.8 Å². The molecule has 31 heavy (non-hydrogen) atoms. The number of ether oxygens (including phenoxy) is 1. The fraction of sp³-hybridized carbons (Fsp3) is 0.400. The summed E-state index contributed by atoms with van der Waals surface area (Å²) >= 11 is 0. The number of aromatic nitrogens is 3. The second kappa shape index (κ2) is 8.79. The maximum Gasteiger partial charge on any atom is 0.209 e. The molecule has 1 aliphatic heterocycles. The Labute approximate surface area is 181 Å². The number of methoxy groups -OCH3 is 1. The van der Waals surface area contributed by atoms with E-state index < -0.39 is 10.0 Å². The number of sulfonamides is 1. The topological polar surface area (TPSA) is 127 Å². The number of nitrogens with one attached hydrogen (secondary N) is 2. The number of anilines is 2. The summed E-state index contributed by atoms with van der Waals surface area (Å²) in [5.41, 5.74) is 8.91. The van der Waals surface area contributed by atoms with E-state index in [0.29, 0.717) is 25.3 Å². The number of hydrogen-bond donors (Lipinski definition) is 3. The van der Waals surface area contributed by atoms with Crippen LogP contribution in [-0.2, 0) is 16.6 Å². The molecular formula is C20H27N7O3S. The summed E-state index contributed by atoms with van der Waals surface area (Å²) in [6.07, 6.45) is 5.27. The maximum atomic E-state index is 11.7. The van der Waals surface area contributed by atoms with Gasteiger partial charge in [0.2, 0.25) is 10.0 Å². The van der Waals surface area contributed by atoms with Crippen LogP contribution in [0.25, 0.3) is 5.52 Å². The van der Waals surface area contributed by atoms with Crippen molar-refractivity contribution in [3.05, 3.63) is 48.4 Å². The predicted molar refractivity (Wildman–Crippen MR) is 119 cm³/mol. The van der Waals surface area contributed by atoms with Crippen LogP contribution in [-0.4, -0.2) is 66.5 Å². The first-order valence-electron chi connectivity index (χ1n) is 10.00. The molecule has 1 aliphatic rings. The molecule has 4 N–H and O–H groups in total. The van der Waals surface area contributed by atoms with E-state index in [1.54, 1.807) is 11.6 Å². The lowest BCUT2D eigenvalue weighted by atomic mass is 10.0. The first-order chi connectivity index (χ1) is 14.8. The molecule has 166 valence electrons. The van der Waals surface area contributed by atoms with E-state index >= 15 is 0 Å². The van der Waals surface area contributed by atoms with E-state index in [0.717, 1.165) is 35.3 Å². The molecule has 0 saturated carbocycles. The summed E-state index contributed by atoms with van der Waals surface area (Å²) in [6, 6.07) is 9.12. The summed E-state index contributed by atoms with van der Waals surface area (Å²) < 4.78 is 33.1. The molecule has 1 fully saturated rings. The zero-order chi connectivity index (χ0) is 22.0. The normalized spacial score (nSPS) is 20.1. The molecule has 1 aromatic carbocycles. The van der Waals surface area contributed by atoms with E-state index in [4.69, 9.17) is 10.5 Å². The van der Waals surface area contributed by atoms with Crippen molar-refractivity contribution in [2.45, 2.75) is 25.0 Å². The quantitative estimate of drug-likeness (QED) is 0.490. The van der Waals surface area contributed by atoms with Gasteiger partial charge in [-0.25, -0.2) is 22.6 Å². The van der Waals surface area contributed by atoms with Crippen molar-refractivity contribution < 1.29 is 13.2 Å². The van der Waals surface area contributed by atoms with Crippen LogP contribution < -0.4 is 20.5 Å². The van der Waals surface area contributed by atoms with Crippen LogP contribution in [0.15, 0.2) is 42.9 Å². The van der Waals surface area contributed by atoms with Crippen LogP contribution in [0.5, 0.6) is 5.75 Å². The highest BCUT2D eigenvalue weighted by atomic mass is 32.2. The monoisotopic (exact) mass is 445 g/mol. The molecule has 2 aromatic heterocycles. The predicted octanol–water partition coefficient (Wildman–Crippen LogP) is 0.932. The van der Waals surface area contributed by atoms with Gasteiger partial charge in [0.1, 0.15) is 17.6 Å². The van der Waals surface area contributed by atoms with Gasteiger partial charge in [-0.1, -0.05) is 6.07 Å². The number of fused-ring (bicyclic) bond motifs is 1. The fourth-order valence-corrected chi connectivity index (χ4v) is 4.70. The highest BCUT2D eigenvalue weighted by Crippen LogP contribution is 2.26. The number of rotatable bonds is 7. The van der Waals surface area contributed by atoms with Crippen molar-refractivity contribution in [3.8, 4) is 5.75 Å². The molecule has 0 amide bonds. The number of hydrogen-bond acceptors (Lipinski definition) is 8. The van der Waals surface area contributed by atoms with Gasteiger partial charge in [-0.2, -0.15) is 5.10 Å². The lowest BCUT2D eigenvalue weighted by Gasteiger charge is -2.36. The molecule has 4 rings (SSSR count). The Balaban J connectivity index is 1.57. The highest BCUT2D eigenvalue weighted by molar-refractivity contribution is 7.88. The largest absolute Gasteiger partial charge is 0.497 e.